The number of esters is 2. The van der Waals surface area contributed by atoms with E-state index in [1.165, 1.54) is 0 Å². The normalized spacial score (nSPS) is 13.7. The summed E-state index contributed by atoms with van der Waals surface area (Å²) in [4.78, 5) is 25.4. The predicted molar refractivity (Wildman–Crippen MR) is 287 cm³/mol. The summed E-state index contributed by atoms with van der Waals surface area (Å²) in [5.41, 5.74) is 0. The molecule has 5 nitrogen and oxygen atoms in total. The summed E-state index contributed by atoms with van der Waals surface area (Å²) in [5, 5.41) is 0. The smallest absolute Gasteiger partial charge is 0.306 e. The molecule has 0 aliphatic rings. The van der Waals surface area contributed by atoms with Crippen LogP contribution in [0.1, 0.15) is 175 Å². The van der Waals surface area contributed by atoms with E-state index in [0.29, 0.717) is 19.4 Å². The molecular formula is C61H92O5. The minimum Gasteiger partial charge on any atom is -0.462 e. The van der Waals surface area contributed by atoms with Gasteiger partial charge in [0.25, 0.3) is 0 Å². The fraction of sp³-hybridized carbons (Fsp3) is 0.508. The predicted octanol–water partition coefficient (Wildman–Crippen LogP) is 17.7. The maximum atomic E-state index is 12.8. The minimum atomic E-state index is -0.622. The van der Waals surface area contributed by atoms with Gasteiger partial charge in [-0.25, -0.2) is 0 Å². The lowest BCUT2D eigenvalue weighted by Crippen LogP contribution is -2.30. The zero-order valence-corrected chi connectivity index (χ0v) is 41.9. The topological polar surface area (TPSA) is 61.8 Å². The van der Waals surface area contributed by atoms with E-state index in [4.69, 9.17) is 14.2 Å². The monoisotopic (exact) mass is 905 g/mol. The summed E-state index contributed by atoms with van der Waals surface area (Å²) in [6.07, 6.45) is 82.4. The first-order valence-corrected chi connectivity index (χ1v) is 25.7. The average Bonchev–Trinajstić information content (AvgIpc) is 3.32. The minimum absolute atomic E-state index is 0.0000578. The number of ether oxygens (including phenoxy) is 3. The molecule has 0 aromatic rings. The van der Waals surface area contributed by atoms with Crippen LogP contribution >= 0.6 is 0 Å². The van der Waals surface area contributed by atoms with Crippen molar-refractivity contribution in [3.8, 4) is 0 Å². The van der Waals surface area contributed by atoms with Crippen molar-refractivity contribution < 1.29 is 23.8 Å². The Hall–Kier alpha value is -4.74. The molecule has 0 fully saturated rings. The van der Waals surface area contributed by atoms with Crippen molar-refractivity contribution in [2.75, 3.05) is 19.8 Å². The van der Waals surface area contributed by atoms with Gasteiger partial charge in [0.15, 0.2) is 6.10 Å². The van der Waals surface area contributed by atoms with Gasteiger partial charge in [-0.3, -0.25) is 9.59 Å². The molecule has 0 radical (unpaired) electrons. The van der Waals surface area contributed by atoms with E-state index in [1.807, 2.05) is 6.08 Å². The Kier molecular flexibility index (Phi) is 50.7. The van der Waals surface area contributed by atoms with Crippen LogP contribution < -0.4 is 0 Å². The van der Waals surface area contributed by atoms with Gasteiger partial charge < -0.3 is 14.2 Å². The SMILES string of the molecule is CC/C=C\C/C=C\C/C=C\C/C=C\C/C=C\C/C=C\CCC(=O)OCC(COCCC/C=C\C/C=C\C/C=C\C/C=C\CC)OC(=O)CCCCCC/C=C\C/C=C\C/C=C\C/C=C\CC. The quantitative estimate of drug-likeness (QED) is 0.0346. The van der Waals surface area contributed by atoms with Crippen molar-refractivity contribution in [1.29, 1.82) is 0 Å². The Bertz CT molecular complexity index is 1540. The zero-order chi connectivity index (χ0) is 47.7. The zero-order valence-electron chi connectivity index (χ0n) is 41.9. The van der Waals surface area contributed by atoms with Crippen molar-refractivity contribution in [2.24, 2.45) is 0 Å². The molecule has 0 aliphatic carbocycles. The summed E-state index contributed by atoms with van der Waals surface area (Å²) >= 11 is 0. The molecule has 0 saturated carbocycles. The second-order valence-corrected chi connectivity index (χ2v) is 15.9. The lowest BCUT2D eigenvalue weighted by molar-refractivity contribution is -0.162. The Labute approximate surface area is 405 Å². The van der Waals surface area contributed by atoms with Crippen molar-refractivity contribution in [1.82, 2.24) is 0 Å². The van der Waals surface area contributed by atoms with Gasteiger partial charge in [-0.2, -0.15) is 0 Å². The van der Waals surface area contributed by atoms with Gasteiger partial charge >= 0.3 is 11.9 Å². The second kappa shape index (κ2) is 54.6. The molecule has 1 atom stereocenters. The van der Waals surface area contributed by atoms with Crippen LogP contribution in [-0.4, -0.2) is 37.9 Å². The Morgan fingerprint density at radius 2 is 0.667 bits per heavy atom. The average molecular weight is 905 g/mol. The van der Waals surface area contributed by atoms with E-state index in [1.54, 1.807) is 0 Å². The van der Waals surface area contributed by atoms with E-state index < -0.39 is 6.10 Å². The van der Waals surface area contributed by atoms with Crippen molar-refractivity contribution in [3.05, 3.63) is 170 Å². The fourth-order valence-corrected chi connectivity index (χ4v) is 6.06. The number of unbranched alkanes of at least 4 members (excludes halogenated alkanes) is 5. The number of carbonyl (C=O) groups is 2. The Balaban J connectivity index is 4.56. The maximum Gasteiger partial charge on any atom is 0.306 e. The first-order chi connectivity index (χ1) is 32.6. The van der Waals surface area contributed by atoms with Crippen LogP contribution in [0.4, 0.5) is 0 Å². The molecule has 0 N–H and O–H groups in total. The summed E-state index contributed by atoms with van der Waals surface area (Å²) in [6.45, 7) is 7.20. The van der Waals surface area contributed by atoms with Crippen LogP contribution in [0.25, 0.3) is 0 Å². The molecule has 1 unspecified atom stereocenters. The molecule has 66 heavy (non-hydrogen) atoms. The molecule has 0 rings (SSSR count). The lowest BCUT2D eigenvalue weighted by Gasteiger charge is -2.18. The Morgan fingerprint density at radius 3 is 1.06 bits per heavy atom. The van der Waals surface area contributed by atoms with Crippen LogP contribution in [0.5, 0.6) is 0 Å². The molecule has 0 spiro atoms. The van der Waals surface area contributed by atoms with Crippen LogP contribution in [0.2, 0.25) is 0 Å². The third kappa shape index (κ3) is 51.9. The molecule has 0 bridgehead atoms. The molecule has 0 aromatic heterocycles. The van der Waals surface area contributed by atoms with Crippen molar-refractivity contribution in [2.45, 2.75) is 181 Å². The van der Waals surface area contributed by atoms with Crippen LogP contribution in [0.15, 0.2) is 170 Å². The van der Waals surface area contributed by atoms with E-state index in [9.17, 15) is 9.59 Å². The van der Waals surface area contributed by atoms with Crippen LogP contribution in [-0.2, 0) is 23.8 Å². The van der Waals surface area contributed by atoms with E-state index in [0.717, 1.165) is 135 Å². The van der Waals surface area contributed by atoms with Gasteiger partial charge in [-0.05, 0) is 128 Å². The van der Waals surface area contributed by atoms with E-state index in [-0.39, 0.29) is 31.6 Å². The number of hydrogen-bond acceptors (Lipinski definition) is 5. The summed E-state index contributed by atoms with van der Waals surface area (Å²) in [6, 6.07) is 0. The first kappa shape index (κ1) is 61.3. The summed E-state index contributed by atoms with van der Waals surface area (Å²) in [7, 11) is 0. The van der Waals surface area contributed by atoms with Crippen LogP contribution in [0.3, 0.4) is 0 Å². The van der Waals surface area contributed by atoms with Gasteiger partial charge in [0.2, 0.25) is 0 Å². The molecular weight excluding hydrogens is 813 g/mol. The second-order valence-electron chi connectivity index (χ2n) is 15.9. The van der Waals surface area contributed by atoms with Gasteiger partial charge in [0, 0.05) is 19.4 Å². The third-order valence-corrected chi connectivity index (χ3v) is 9.74. The lowest BCUT2D eigenvalue weighted by atomic mass is 10.1. The first-order valence-electron chi connectivity index (χ1n) is 25.7. The highest BCUT2D eigenvalue weighted by Crippen LogP contribution is 2.10. The summed E-state index contributed by atoms with van der Waals surface area (Å²) in [5.74, 6) is -0.570. The van der Waals surface area contributed by atoms with Crippen molar-refractivity contribution in [3.63, 3.8) is 0 Å². The van der Waals surface area contributed by atoms with Gasteiger partial charge in [-0.15, -0.1) is 0 Å². The van der Waals surface area contributed by atoms with E-state index >= 15 is 0 Å². The Morgan fingerprint density at radius 1 is 0.333 bits per heavy atom. The fourth-order valence-electron chi connectivity index (χ4n) is 6.06. The number of rotatable bonds is 44. The largest absolute Gasteiger partial charge is 0.462 e. The summed E-state index contributed by atoms with van der Waals surface area (Å²) < 4.78 is 17.2. The molecule has 5 heteroatoms. The number of allylic oxidation sites excluding steroid dienone is 28. The van der Waals surface area contributed by atoms with Gasteiger partial charge in [0.1, 0.15) is 6.61 Å². The highest BCUT2D eigenvalue weighted by molar-refractivity contribution is 5.70. The number of carbonyl (C=O) groups excluding carboxylic acids is 2. The van der Waals surface area contributed by atoms with Crippen molar-refractivity contribution >= 4 is 11.9 Å². The van der Waals surface area contributed by atoms with Crippen LogP contribution in [0, 0.1) is 0 Å². The highest BCUT2D eigenvalue weighted by Gasteiger charge is 2.17. The third-order valence-electron chi connectivity index (χ3n) is 9.74. The standard InChI is InChI=1S/C61H92O5/c1-4-7-10-13-16-19-22-25-28-30-31-33-34-36-39-42-45-48-51-54-60(62)65-58-59(57-64-56-53-50-47-44-41-38-27-24-21-18-15-12-9-6-3)66-61(63)55-52-49-46-43-40-37-35-32-29-26-23-20-17-14-11-8-5-2/h7-12,16-21,25-29,31,33,35-39,44-45,47-48,59H,4-6,13-15,22-24,30,32,34,40-43,46,49-58H2,1-3H3/b10-7-,11-8-,12-9-,19-16-,20-17-,21-18-,28-25-,29-26-,33-31-,37-35-,38-27-,39-36-,47-44-,48-45-. The van der Waals surface area contributed by atoms with Gasteiger partial charge in [-0.1, -0.05) is 204 Å². The molecule has 0 saturated heterocycles. The molecule has 0 aliphatic heterocycles. The highest BCUT2D eigenvalue weighted by atomic mass is 16.6. The molecule has 0 heterocycles. The van der Waals surface area contributed by atoms with Gasteiger partial charge in [0.05, 0.1) is 6.61 Å². The molecule has 0 amide bonds. The maximum absolute atomic E-state index is 12.8. The van der Waals surface area contributed by atoms with E-state index in [2.05, 4.69) is 185 Å². The molecule has 366 valence electrons. The molecule has 0 aromatic carbocycles. The number of hydrogen-bond donors (Lipinski definition) is 0.